The van der Waals surface area contributed by atoms with Crippen LogP contribution in [-0.2, 0) is 0 Å². The van der Waals surface area contributed by atoms with Gasteiger partial charge < -0.3 is 15.3 Å². The molecule has 0 aromatic rings. The molecule has 102 valence electrons. The van der Waals surface area contributed by atoms with E-state index < -0.39 is 12.2 Å². The molecule has 0 spiro atoms. The molecule has 0 aromatic carbocycles. The van der Waals surface area contributed by atoms with Gasteiger partial charge in [-0.05, 0) is 30.8 Å². The van der Waals surface area contributed by atoms with Crippen LogP contribution in [0.15, 0.2) is 0 Å². The average Bonchev–Trinajstić information content (AvgIpc) is 2.30. The summed E-state index contributed by atoms with van der Waals surface area (Å²) in [7, 11) is 0. The summed E-state index contributed by atoms with van der Waals surface area (Å²) in [5, 5.41) is 28.7. The number of hydrogen-bond acceptors (Lipinski definition) is 5. The van der Waals surface area contributed by atoms with E-state index in [1.54, 1.807) is 0 Å². The summed E-state index contributed by atoms with van der Waals surface area (Å²) >= 11 is 3.82. The van der Waals surface area contributed by atoms with Gasteiger partial charge in [0, 0.05) is 12.0 Å². The summed E-state index contributed by atoms with van der Waals surface area (Å²) in [5.41, 5.74) is -0.202. The lowest BCUT2D eigenvalue weighted by Gasteiger charge is -2.40. The zero-order chi connectivity index (χ0) is 12.9. The van der Waals surface area contributed by atoms with Crippen molar-refractivity contribution in [3.63, 3.8) is 0 Å². The lowest BCUT2D eigenvalue weighted by molar-refractivity contribution is 0.00587. The highest BCUT2D eigenvalue weighted by Gasteiger charge is 2.38. The molecule has 1 aliphatic rings. The zero-order valence-electron chi connectivity index (χ0n) is 10.6. The molecule has 0 unspecified atom stereocenters. The molecule has 0 amide bonds. The molecule has 1 fully saturated rings. The van der Waals surface area contributed by atoms with Gasteiger partial charge in [0.05, 0.1) is 16.8 Å². The molecule has 1 rings (SSSR count). The minimum Gasteiger partial charge on any atom is -0.396 e. The molecular weight excluding hydrogens is 256 g/mol. The van der Waals surface area contributed by atoms with Crippen LogP contribution >= 0.6 is 23.5 Å². The third-order valence-corrected chi connectivity index (χ3v) is 6.94. The Bertz CT molecular complexity index is 218. The van der Waals surface area contributed by atoms with E-state index in [-0.39, 0.29) is 12.0 Å². The molecule has 3 N–H and O–H groups in total. The quantitative estimate of drug-likeness (QED) is 0.691. The topological polar surface area (TPSA) is 60.7 Å². The van der Waals surface area contributed by atoms with Crippen molar-refractivity contribution in [2.24, 2.45) is 5.41 Å². The predicted octanol–water partition coefficient (Wildman–Crippen LogP) is 1.70. The predicted molar refractivity (Wildman–Crippen MR) is 75.4 cm³/mol. The molecule has 0 radical (unpaired) electrons. The van der Waals surface area contributed by atoms with E-state index in [0.717, 1.165) is 11.5 Å². The van der Waals surface area contributed by atoms with Gasteiger partial charge >= 0.3 is 0 Å². The second-order valence-electron chi connectivity index (χ2n) is 5.17. The molecule has 1 heterocycles. The second kappa shape index (κ2) is 7.24. The summed E-state index contributed by atoms with van der Waals surface area (Å²) in [5.74, 6) is 2.32. The molecule has 1 aliphatic heterocycles. The Hall–Kier alpha value is 0.580. The first-order valence-electron chi connectivity index (χ1n) is 6.18. The molecule has 0 saturated carbocycles. The summed E-state index contributed by atoms with van der Waals surface area (Å²) in [4.78, 5) is 0. The molecule has 0 bridgehead atoms. The van der Waals surface area contributed by atoms with Crippen molar-refractivity contribution >= 4 is 23.5 Å². The largest absolute Gasteiger partial charge is 0.396 e. The first kappa shape index (κ1) is 15.6. The molecule has 0 aromatic heterocycles. The van der Waals surface area contributed by atoms with Gasteiger partial charge in [0.2, 0.25) is 0 Å². The van der Waals surface area contributed by atoms with Crippen LogP contribution in [0.1, 0.15) is 33.1 Å². The van der Waals surface area contributed by atoms with Gasteiger partial charge in [-0.2, -0.15) is 0 Å². The smallest absolute Gasteiger partial charge is 0.0634 e. The monoisotopic (exact) mass is 280 g/mol. The number of aliphatic hydroxyl groups excluding tert-OH is 3. The molecule has 17 heavy (non-hydrogen) atoms. The van der Waals surface area contributed by atoms with Crippen molar-refractivity contribution in [3.05, 3.63) is 0 Å². The van der Waals surface area contributed by atoms with Crippen LogP contribution in [0.25, 0.3) is 0 Å². The van der Waals surface area contributed by atoms with Crippen LogP contribution in [0, 0.1) is 5.41 Å². The Morgan fingerprint density at radius 1 is 1.24 bits per heavy atom. The fraction of sp³-hybridized carbons (Fsp3) is 1.00. The number of hydrogen-bond donors (Lipinski definition) is 3. The average molecular weight is 280 g/mol. The third kappa shape index (κ3) is 4.63. The standard InChI is InChI=1S/C12H24O3S2/c1-12(2,11-16-6-3-7-17-11)10(15)8-9(14)4-5-13/h9-11,13-15H,3-8H2,1-2H3/t9-,10+/m1/s1. The maximum atomic E-state index is 10.3. The Morgan fingerprint density at radius 2 is 1.82 bits per heavy atom. The number of thioether (sulfide) groups is 2. The first-order chi connectivity index (χ1) is 7.98. The Kier molecular flexibility index (Phi) is 6.66. The highest BCUT2D eigenvalue weighted by atomic mass is 32.2. The van der Waals surface area contributed by atoms with Crippen molar-refractivity contribution in [2.75, 3.05) is 18.1 Å². The second-order valence-corrected chi connectivity index (χ2v) is 7.89. The van der Waals surface area contributed by atoms with Crippen molar-refractivity contribution < 1.29 is 15.3 Å². The van der Waals surface area contributed by atoms with Gasteiger partial charge in [0.1, 0.15) is 0 Å². The van der Waals surface area contributed by atoms with Crippen molar-refractivity contribution in [1.82, 2.24) is 0 Å². The molecule has 5 heteroatoms. The third-order valence-electron chi connectivity index (χ3n) is 3.25. The van der Waals surface area contributed by atoms with Crippen molar-refractivity contribution in [3.8, 4) is 0 Å². The maximum absolute atomic E-state index is 10.3. The van der Waals surface area contributed by atoms with E-state index in [2.05, 4.69) is 13.8 Å². The Morgan fingerprint density at radius 3 is 2.35 bits per heavy atom. The van der Waals surface area contributed by atoms with Gasteiger partial charge in [-0.15, -0.1) is 23.5 Å². The molecule has 1 saturated heterocycles. The van der Waals surface area contributed by atoms with E-state index in [9.17, 15) is 10.2 Å². The van der Waals surface area contributed by atoms with Crippen LogP contribution in [0.3, 0.4) is 0 Å². The minimum absolute atomic E-state index is 0.0265. The fourth-order valence-corrected chi connectivity index (χ4v) is 5.27. The molecule has 0 aliphatic carbocycles. The SMILES string of the molecule is CC(C)(C1SCCCS1)[C@@H](O)C[C@H](O)CCO. The van der Waals surface area contributed by atoms with Gasteiger partial charge in [-0.3, -0.25) is 0 Å². The van der Waals surface area contributed by atoms with Gasteiger partial charge in [0.25, 0.3) is 0 Å². The fourth-order valence-electron chi connectivity index (χ4n) is 1.90. The van der Waals surface area contributed by atoms with Crippen molar-refractivity contribution in [2.45, 2.75) is 49.9 Å². The molecule has 2 atom stereocenters. The van der Waals surface area contributed by atoms with E-state index in [0.29, 0.717) is 17.4 Å². The molecular formula is C12H24O3S2. The number of aliphatic hydroxyl groups is 3. The Labute approximate surface area is 112 Å². The Balaban J connectivity index is 2.49. The molecule has 3 nitrogen and oxygen atoms in total. The number of rotatable bonds is 6. The van der Waals surface area contributed by atoms with Gasteiger partial charge in [-0.1, -0.05) is 13.8 Å². The summed E-state index contributed by atoms with van der Waals surface area (Å²) in [6, 6.07) is 0. The first-order valence-corrected chi connectivity index (χ1v) is 8.28. The van der Waals surface area contributed by atoms with Crippen LogP contribution in [0.4, 0.5) is 0 Å². The van der Waals surface area contributed by atoms with E-state index >= 15 is 0 Å². The van der Waals surface area contributed by atoms with Crippen LogP contribution < -0.4 is 0 Å². The lowest BCUT2D eigenvalue weighted by Crippen LogP contribution is -2.40. The van der Waals surface area contributed by atoms with Gasteiger partial charge in [0.15, 0.2) is 0 Å². The maximum Gasteiger partial charge on any atom is 0.0634 e. The van der Waals surface area contributed by atoms with E-state index in [1.165, 1.54) is 6.42 Å². The van der Waals surface area contributed by atoms with Crippen molar-refractivity contribution in [1.29, 1.82) is 0 Å². The van der Waals surface area contributed by atoms with Crippen LogP contribution in [-0.4, -0.2) is 50.2 Å². The van der Waals surface area contributed by atoms with E-state index in [1.807, 2.05) is 23.5 Å². The lowest BCUT2D eigenvalue weighted by atomic mass is 9.85. The van der Waals surface area contributed by atoms with Crippen LogP contribution in [0.2, 0.25) is 0 Å². The highest BCUT2D eigenvalue weighted by molar-refractivity contribution is 8.17. The zero-order valence-corrected chi connectivity index (χ0v) is 12.3. The van der Waals surface area contributed by atoms with E-state index in [4.69, 9.17) is 5.11 Å². The summed E-state index contributed by atoms with van der Waals surface area (Å²) in [6.45, 7) is 4.11. The van der Waals surface area contributed by atoms with Crippen LogP contribution in [0.5, 0.6) is 0 Å². The summed E-state index contributed by atoms with van der Waals surface area (Å²) in [6.07, 6.45) is 0.814. The normalized spacial score (nSPS) is 22.4. The van der Waals surface area contributed by atoms with Gasteiger partial charge in [-0.25, -0.2) is 0 Å². The summed E-state index contributed by atoms with van der Waals surface area (Å²) < 4.78 is 0.396. The minimum atomic E-state index is -0.604. The highest BCUT2D eigenvalue weighted by Crippen LogP contribution is 2.45.